The van der Waals surface area contributed by atoms with Crippen molar-refractivity contribution in [2.75, 3.05) is 23.9 Å². The molecule has 0 aliphatic rings. The Labute approximate surface area is 112 Å². The molecule has 0 unspecified atom stereocenters. The van der Waals surface area contributed by atoms with Gasteiger partial charge < -0.3 is 5.32 Å². The normalized spacial score (nSPS) is 10.3. The highest BCUT2D eigenvalue weighted by atomic mass is 32.2. The summed E-state index contributed by atoms with van der Waals surface area (Å²) in [5.74, 6) is 1.20. The second kappa shape index (κ2) is 7.97. The van der Waals surface area contributed by atoms with Crippen LogP contribution in [0.25, 0.3) is 0 Å². The van der Waals surface area contributed by atoms with Crippen LogP contribution in [0.1, 0.15) is 24.8 Å². The predicted octanol–water partition coefficient (Wildman–Crippen LogP) is 3.85. The maximum Gasteiger partial charge on any atom is 0.274 e. The Kier molecular flexibility index (Phi) is 6.57. The first-order chi connectivity index (χ1) is 8.66. The van der Waals surface area contributed by atoms with Crippen molar-refractivity contribution >= 4 is 23.1 Å². The Morgan fingerprint density at radius 2 is 2.11 bits per heavy atom. The lowest BCUT2D eigenvalue weighted by Gasteiger charge is -2.09. The zero-order chi connectivity index (χ0) is 13.4. The van der Waals surface area contributed by atoms with E-state index < -0.39 is 0 Å². The highest BCUT2D eigenvalue weighted by molar-refractivity contribution is 7.98. The van der Waals surface area contributed by atoms with Gasteiger partial charge in [-0.05, 0) is 37.8 Å². The molecule has 0 radical (unpaired) electrons. The summed E-state index contributed by atoms with van der Waals surface area (Å²) >= 11 is 1.87. The third-order valence-electron chi connectivity index (χ3n) is 2.84. The number of nitro benzene ring substituents is 1. The molecule has 4 nitrogen and oxygen atoms in total. The summed E-state index contributed by atoms with van der Waals surface area (Å²) < 4.78 is 0. The SMILES string of the molecule is CSCCCCCNc1cccc([N+](=O)[O-])c1C. The van der Waals surface area contributed by atoms with Crippen LogP contribution in [0.15, 0.2) is 18.2 Å². The number of hydrogen-bond acceptors (Lipinski definition) is 4. The molecule has 0 fully saturated rings. The lowest BCUT2D eigenvalue weighted by Crippen LogP contribution is -2.04. The number of anilines is 1. The third-order valence-corrected chi connectivity index (χ3v) is 3.54. The van der Waals surface area contributed by atoms with Crippen molar-refractivity contribution in [3.05, 3.63) is 33.9 Å². The standard InChI is InChI=1S/C13H20N2O2S/c1-11-12(7-6-8-13(11)15(16)17)14-9-4-3-5-10-18-2/h6-8,14H,3-5,9-10H2,1-2H3. The number of rotatable bonds is 8. The van der Waals surface area contributed by atoms with Crippen LogP contribution < -0.4 is 5.32 Å². The molecular weight excluding hydrogens is 248 g/mol. The fourth-order valence-electron chi connectivity index (χ4n) is 1.78. The van der Waals surface area contributed by atoms with Gasteiger partial charge in [-0.2, -0.15) is 11.8 Å². The zero-order valence-electron chi connectivity index (χ0n) is 10.9. The van der Waals surface area contributed by atoms with Gasteiger partial charge in [-0.3, -0.25) is 10.1 Å². The zero-order valence-corrected chi connectivity index (χ0v) is 11.8. The molecule has 18 heavy (non-hydrogen) atoms. The first kappa shape index (κ1) is 14.8. The summed E-state index contributed by atoms with van der Waals surface area (Å²) in [7, 11) is 0. The molecule has 1 aromatic rings. The second-order valence-electron chi connectivity index (χ2n) is 4.19. The van der Waals surface area contributed by atoms with Crippen molar-refractivity contribution in [2.24, 2.45) is 0 Å². The van der Waals surface area contributed by atoms with E-state index in [0.717, 1.165) is 18.7 Å². The van der Waals surface area contributed by atoms with Gasteiger partial charge >= 0.3 is 0 Å². The topological polar surface area (TPSA) is 55.2 Å². The van der Waals surface area contributed by atoms with E-state index in [1.165, 1.54) is 18.6 Å². The smallest absolute Gasteiger partial charge is 0.274 e. The van der Waals surface area contributed by atoms with Gasteiger partial charge in [0, 0.05) is 23.9 Å². The monoisotopic (exact) mass is 268 g/mol. The summed E-state index contributed by atoms with van der Waals surface area (Å²) in [6.07, 6.45) is 5.64. The van der Waals surface area contributed by atoms with Crippen LogP contribution in [0.5, 0.6) is 0 Å². The Bertz CT molecular complexity index is 397. The van der Waals surface area contributed by atoms with Gasteiger partial charge in [0.15, 0.2) is 0 Å². The van der Waals surface area contributed by atoms with Crippen LogP contribution in [0.3, 0.4) is 0 Å². The van der Waals surface area contributed by atoms with E-state index in [9.17, 15) is 10.1 Å². The highest BCUT2D eigenvalue weighted by Crippen LogP contribution is 2.24. The number of nitrogens with zero attached hydrogens (tertiary/aromatic N) is 1. The van der Waals surface area contributed by atoms with Gasteiger partial charge in [0.2, 0.25) is 0 Å². The second-order valence-corrected chi connectivity index (χ2v) is 5.17. The summed E-state index contributed by atoms with van der Waals surface area (Å²) in [5, 5.41) is 14.1. The molecule has 0 atom stereocenters. The van der Waals surface area contributed by atoms with E-state index in [4.69, 9.17) is 0 Å². The first-order valence-electron chi connectivity index (χ1n) is 6.13. The quantitative estimate of drug-likeness (QED) is 0.442. The molecule has 1 rings (SSSR count). The maximum atomic E-state index is 10.8. The number of nitro groups is 1. The van der Waals surface area contributed by atoms with Crippen molar-refractivity contribution in [3.8, 4) is 0 Å². The minimum Gasteiger partial charge on any atom is -0.385 e. The Morgan fingerprint density at radius 1 is 1.33 bits per heavy atom. The maximum absolute atomic E-state index is 10.8. The average Bonchev–Trinajstić information content (AvgIpc) is 2.35. The Balaban J connectivity index is 2.43. The van der Waals surface area contributed by atoms with Crippen LogP contribution in [0.2, 0.25) is 0 Å². The number of hydrogen-bond donors (Lipinski definition) is 1. The van der Waals surface area contributed by atoms with Crippen molar-refractivity contribution in [1.82, 2.24) is 0 Å². The molecule has 0 aliphatic carbocycles. The lowest BCUT2D eigenvalue weighted by atomic mass is 10.1. The van der Waals surface area contributed by atoms with E-state index in [-0.39, 0.29) is 10.6 Å². The summed E-state index contributed by atoms with van der Waals surface area (Å²) in [6.45, 7) is 2.66. The number of nitrogens with one attached hydrogen (secondary N) is 1. The molecule has 0 amide bonds. The summed E-state index contributed by atoms with van der Waals surface area (Å²) in [4.78, 5) is 10.5. The number of thioether (sulfide) groups is 1. The molecular formula is C13H20N2O2S. The van der Waals surface area contributed by atoms with E-state index in [1.807, 2.05) is 17.8 Å². The van der Waals surface area contributed by atoms with E-state index >= 15 is 0 Å². The van der Waals surface area contributed by atoms with Gasteiger partial charge in [0.05, 0.1) is 4.92 Å². The molecule has 1 aromatic carbocycles. The molecule has 5 heteroatoms. The largest absolute Gasteiger partial charge is 0.385 e. The van der Waals surface area contributed by atoms with Crippen molar-refractivity contribution < 1.29 is 4.92 Å². The van der Waals surface area contributed by atoms with E-state index in [1.54, 1.807) is 19.1 Å². The first-order valence-corrected chi connectivity index (χ1v) is 7.53. The van der Waals surface area contributed by atoms with Gasteiger partial charge in [-0.1, -0.05) is 12.5 Å². The van der Waals surface area contributed by atoms with Gasteiger partial charge in [0.1, 0.15) is 0 Å². The Hall–Kier alpha value is -1.23. The fraction of sp³-hybridized carbons (Fsp3) is 0.538. The molecule has 100 valence electrons. The van der Waals surface area contributed by atoms with Crippen LogP contribution in [-0.2, 0) is 0 Å². The fourth-order valence-corrected chi connectivity index (χ4v) is 2.28. The highest BCUT2D eigenvalue weighted by Gasteiger charge is 2.12. The predicted molar refractivity (Wildman–Crippen MR) is 78.6 cm³/mol. The van der Waals surface area contributed by atoms with Crippen LogP contribution in [-0.4, -0.2) is 23.5 Å². The third kappa shape index (κ3) is 4.56. The number of unbranched alkanes of at least 4 members (excludes halogenated alkanes) is 2. The minimum absolute atomic E-state index is 0.183. The Morgan fingerprint density at radius 3 is 2.78 bits per heavy atom. The molecule has 0 heterocycles. The van der Waals surface area contributed by atoms with Gasteiger partial charge in [-0.15, -0.1) is 0 Å². The van der Waals surface area contributed by atoms with Crippen LogP contribution >= 0.6 is 11.8 Å². The van der Waals surface area contributed by atoms with Crippen molar-refractivity contribution in [2.45, 2.75) is 26.2 Å². The average molecular weight is 268 g/mol. The van der Waals surface area contributed by atoms with E-state index in [2.05, 4.69) is 11.6 Å². The van der Waals surface area contributed by atoms with Crippen molar-refractivity contribution in [1.29, 1.82) is 0 Å². The summed E-state index contributed by atoms with van der Waals surface area (Å²) in [5.41, 5.74) is 1.77. The lowest BCUT2D eigenvalue weighted by molar-refractivity contribution is -0.385. The summed E-state index contributed by atoms with van der Waals surface area (Å²) in [6, 6.07) is 5.16. The number of benzene rings is 1. The molecule has 0 saturated carbocycles. The molecule has 0 bridgehead atoms. The molecule has 1 N–H and O–H groups in total. The van der Waals surface area contributed by atoms with E-state index in [0.29, 0.717) is 5.56 Å². The minimum atomic E-state index is -0.334. The molecule has 0 aliphatic heterocycles. The van der Waals surface area contributed by atoms with Crippen molar-refractivity contribution in [3.63, 3.8) is 0 Å². The van der Waals surface area contributed by atoms with Crippen LogP contribution in [0.4, 0.5) is 11.4 Å². The van der Waals surface area contributed by atoms with Crippen LogP contribution in [0, 0.1) is 17.0 Å². The van der Waals surface area contributed by atoms with Gasteiger partial charge in [-0.25, -0.2) is 0 Å². The molecule has 0 aromatic heterocycles. The molecule has 0 spiro atoms. The molecule has 0 saturated heterocycles. The van der Waals surface area contributed by atoms with Gasteiger partial charge in [0.25, 0.3) is 5.69 Å².